The lowest BCUT2D eigenvalue weighted by Crippen LogP contribution is -2.18. The Bertz CT molecular complexity index is 795. The van der Waals surface area contributed by atoms with E-state index in [2.05, 4.69) is 10.5 Å². The van der Waals surface area contributed by atoms with Gasteiger partial charge in [0.1, 0.15) is 6.42 Å². The molecule has 0 saturated heterocycles. The number of anilines is 1. The maximum Gasteiger partial charge on any atom is 0.315 e. The molecule has 1 N–H and O–H groups in total. The fourth-order valence-corrected chi connectivity index (χ4v) is 3.05. The number of amides is 1. The fraction of sp³-hybridized carbons (Fsp3) is 0.421. The van der Waals surface area contributed by atoms with Crippen LogP contribution < -0.4 is 5.32 Å². The van der Waals surface area contributed by atoms with Gasteiger partial charge in [-0.3, -0.25) is 9.59 Å². The van der Waals surface area contributed by atoms with Gasteiger partial charge in [-0.25, -0.2) is 0 Å². The summed E-state index contributed by atoms with van der Waals surface area (Å²) in [5.41, 5.74) is 4.66. The van der Waals surface area contributed by atoms with E-state index in [0.717, 1.165) is 48.3 Å². The van der Waals surface area contributed by atoms with Crippen LogP contribution in [0.4, 0.5) is 5.69 Å². The smallest absolute Gasteiger partial charge is 0.315 e. The van der Waals surface area contributed by atoms with Crippen molar-refractivity contribution in [3.8, 4) is 11.3 Å². The van der Waals surface area contributed by atoms with E-state index >= 15 is 0 Å². The predicted octanol–water partition coefficient (Wildman–Crippen LogP) is 3.42. The molecule has 6 nitrogen and oxygen atoms in total. The topological polar surface area (TPSA) is 81.4 Å². The number of esters is 1. The summed E-state index contributed by atoms with van der Waals surface area (Å²) in [6.45, 7) is 3.87. The Morgan fingerprint density at radius 1 is 1.28 bits per heavy atom. The van der Waals surface area contributed by atoms with Crippen molar-refractivity contribution in [1.82, 2.24) is 5.16 Å². The number of fused-ring (bicyclic) bond motifs is 1. The molecule has 1 aliphatic carbocycles. The Labute approximate surface area is 146 Å². The molecule has 1 aliphatic rings. The van der Waals surface area contributed by atoms with Crippen LogP contribution in [0.25, 0.3) is 11.3 Å². The molecule has 1 amide bonds. The van der Waals surface area contributed by atoms with E-state index in [9.17, 15) is 9.59 Å². The highest BCUT2D eigenvalue weighted by molar-refractivity contribution is 6.02. The van der Waals surface area contributed by atoms with Crippen LogP contribution in [-0.4, -0.2) is 23.6 Å². The van der Waals surface area contributed by atoms with Gasteiger partial charge in [0, 0.05) is 16.8 Å². The van der Waals surface area contributed by atoms with Crippen molar-refractivity contribution >= 4 is 17.6 Å². The van der Waals surface area contributed by atoms with Crippen LogP contribution in [0.1, 0.15) is 43.0 Å². The van der Waals surface area contributed by atoms with Crippen molar-refractivity contribution in [1.29, 1.82) is 0 Å². The average Bonchev–Trinajstić information content (AvgIpc) is 3.01. The first-order valence-corrected chi connectivity index (χ1v) is 8.62. The molecular weight excluding hydrogens is 320 g/mol. The number of nitrogens with one attached hydrogen (secondary N) is 1. The Kier molecular flexibility index (Phi) is 5.16. The first kappa shape index (κ1) is 17.2. The van der Waals surface area contributed by atoms with Gasteiger partial charge in [0.05, 0.1) is 12.3 Å². The van der Waals surface area contributed by atoms with Crippen LogP contribution in [0.15, 0.2) is 22.7 Å². The van der Waals surface area contributed by atoms with Gasteiger partial charge in [0.25, 0.3) is 0 Å². The van der Waals surface area contributed by atoms with Crippen molar-refractivity contribution < 1.29 is 18.8 Å². The van der Waals surface area contributed by atoms with E-state index in [0.29, 0.717) is 5.69 Å². The maximum atomic E-state index is 12.0. The number of benzene rings is 1. The van der Waals surface area contributed by atoms with Crippen molar-refractivity contribution in [2.24, 2.45) is 0 Å². The van der Waals surface area contributed by atoms with Crippen LogP contribution in [0.5, 0.6) is 0 Å². The number of ether oxygens (including phenoxy) is 1. The van der Waals surface area contributed by atoms with Gasteiger partial charge in [0.2, 0.25) is 5.91 Å². The minimum absolute atomic E-state index is 0.261. The third kappa shape index (κ3) is 3.90. The van der Waals surface area contributed by atoms with Crippen LogP contribution in [-0.2, 0) is 27.2 Å². The average molecular weight is 342 g/mol. The van der Waals surface area contributed by atoms with E-state index < -0.39 is 11.9 Å². The van der Waals surface area contributed by atoms with Gasteiger partial charge in [-0.15, -0.1) is 0 Å². The number of nitrogens with zero attached hydrogens (tertiary/aromatic N) is 1. The SMILES string of the molecule is CCOC(=O)CC(=O)Nc1cc(-c2onc3c2CCCC3)ccc1C. The second kappa shape index (κ2) is 7.51. The molecule has 0 aliphatic heterocycles. The van der Waals surface area contributed by atoms with E-state index in [1.165, 1.54) is 5.56 Å². The third-order valence-corrected chi connectivity index (χ3v) is 4.34. The first-order valence-electron chi connectivity index (χ1n) is 8.62. The standard InChI is InChI=1S/C19H22N2O4/c1-3-24-18(23)11-17(22)20-16-10-13(9-8-12(16)2)19-14-6-4-5-7-15(14)21-25-19/h8-10H,3-7,11H2,1-2H3,(H,20,22). The molecule has 0 atom stereocenters. The van der Waals surface area contributed by atoms with Crippen molar-refractivity contribution in [2.75, 3.05) is 11.9 Å². The van der Waals surface area contributed by atoms with Gasteiger partial charge in [0.15, 0.2) is 5.76 Å². The number of hydrogen-bond acceptors (Lipinski definition) is 5. The molecular formula is C19H22N2O4. The first-order chi connectivity index (χ1) is 12.1. The summed E-state index contributed by atoms with van der Waals surface area (Å²) in [7, 11) is 0. The Morgan fingerprint density at radius 2 is 2.08 bits per heavy atom. The van der Waals surface area contributed by atoms with Crippen LogP contribution in [0.2, 0.25) is 0 Å². The molecule has 0 radical (unpaired) electrons. The molecule has 132 valence electrons. The Morgan fingerprint density at radius 3 is 2.88 bits per heavy atom. The van der Waals surface area contributed by atoms with E-state index in [4.69, 9.17) is 9.26 Å². The molecule has 1 aromatic carbocycles. The quantitative estimate of drug-likeness (QED) is 0.665. The molecule has 1 heterocycles. The summed E-state index contributed by atoms with van der Waals surface area (Å²) in [6.07, 6.45) is 3.90. The normalized spacial score (nSPS) is 13.2. The van der Waals surface area contributed by atoms with Gasteiger partial charge >= 0.3 is 5.97 Å². The minimum atomic E-state index is -0.530. The van der Waals surface area contributed by atoms with Crippen molar-refractivity contribution in [3.63, 3.8) is 0 Å². The Hall–Kier alpha value is -2.63. The lowest BCUT2D eigenvalue weighted by Gasteiger charge is -2.12. The predicted molar refractivity (Wildman–Crippen MR) is 93.2 cm³/mol. The van der Waals surface area contributed by atoms with E-state index in [-0.39, 0.29) is 13.0 Å². The molecule has 1 aromatic heterocycles. The zero-order valence-electron chi connectivity index (χ0n) is 14.6. The van der Waals surface area contributed by atoms with Crippen LogP contribution in [0.3, 0.4) is 0 Å². The second-order valence-corrected chi connectivity index (χ2v) is 6.20. The summed E-state index contributed by atoms with van der Waals surface area (Å²) in [6, 6.07) is 5.76. The molecule has 0 spiro atoms. The molecule has 0 saturated carbocycles. The van der Waals surface area contributed by atoms with Crippen molar-refractivity contribution in [3.05, 3.63) is 35.0 Å². The Balaban J connectivity index is 1.80. The highest BCUT2D eigenvalue weighted by atomic mass is 16.5. The summed E-state index contributed by atoms with van der Waals surface area (Å²) < 4.78 is 10.4. The van der Waals surface area contributed by atoms with Gasteiger partial charge in [-0.05, 0) is 51.2 Å². The number of carbonyl (C=O) groups is 2. The summed E-state index contributed by atoms with van der Waals surface area (Å²) in [5, 5.41) is 6.96. The second-order valence-electron chi connectivity index (χ2n) is 6.20. The molecule has 0 fully saturated rings. The zero-order chi connectivity index (χ0) is 17.8. The van der Waals surface area contributed by atoms with Crippen LogP contribution in [0, 0.1) is 6.92 Å². The summed E-state index contributed by atoms with van der Waals surface area (Å²) >= 11 is 0. The lowest BCUT2D eigenvalue weighted by atomic mass is 9.93. The van der Waals surface area contributed by atoms with E-state index in [1.807, 2.05) is 25.1 Å². The lowest BCUT2D eigenvalue weighted by molar-refractivity contribution is -0.145. The molecule has 3 rings (SSSR count). The highest BCUT2D eigenvalue weighted by Crippen LogP contribution is 2.33. The zero-order valence-corrected chi connectivity index (χ0v) is 14.6. The molecule has 0 unspecified atom stereocenters. The monoisotopic (exact) mass is 342 g/mol. The highest BCUT2D eigenvalue weighted by Gasteiger charge is 2.21. The third-order valence-electron chi connectivity index (χ3n) is 4.34. The van der Waals surface area contributed by atoms with Gasteiger partial charge < -0.3 is 14.6 Å². The van der Waals surface area contributed by atoms with Gasteiger partial charge in [-0.1, -0.05) is 17.3 Å². The van der Waals surface area contributed by atoms with E-state index in [1.54, 1.807) is 6.92 Å². The van der Waals surface area contributed by atoms with Gasteiger partial charge in [-0.2, -0.15) is 0 Å². The van der Waals surface area contributed by atoms with Crippen molar-refractivity contribution in [2.45, 2.75) is 46.0 Å². The molecule has 25 heavy (non-hydrogen) atoms. The largest absolute Gasteiger partial charge is 0.466 e. The molecule has 6 heteroatoms. The number of hydrogen-bond donors (Lipinski definition) is 1. The fourth-order valence-electron chi connectivity index (χ4n) is 3.05. The number of aryl methyl sites for hydroxylation is 2. The molecule has 0 bridgehead atoms. The number of rotatable bonds is 5. The summed E-state index contributed by atoms with van der Waals surface area (Å²) in [5.74, 6) is -0.146. The molecule has 2 aromatic rings. The van der Waals surface area contributed by atoms with Crippen LogP contribution >= 0.6 is 0 Å². The number of aromatic nitrogens is 1. The number of carbonyl (C=O) groups excluding carboxylic acids is 2. The summed E-state index contributed by atoms with van der Waals surface area (Å²) in [4.78, 5) is 23.5. The minimum Gasteiger partial charge on any atom is -0.466 e. The maximum absolute atomic E-state index is 12.0.